The number of rotatable bonds is 1. The molecule has 3 aromatic rings. The maximum atomic E-state index is 12.0. The molecule has 0 atom stereocenters. The van der Waals surface area contributed by atoms with Gasteiger partial charge >= 0.3 is 0 Å². The van der Waals surface area contributed by atoms with Gasteiger partial charge in [0.05, 0.1) is 5.69 Å². The van der Waals surface area contributed by atoms with E-state index in [1.54, 1.807) is 12.1 Å². The van der Waals surface area contributed by atoms with Crippen molar-refractivity contribution in [1.29, 1.82) is 0 Å². The van der Waals surface area contributed by atoms with Crippen LogP contribution in [0.1, 0.15) is 0 Å². The minimum Gasteiger partial charge on any atom is -0.507 e. The Labute approximate surface area is 111 Å². The fraction of sp³-hybridized carbons (Fsp3) is 0. The molecule has 0 bridgehead atoms. The van der Waals surface area contributed by atoms with Crippen LogP contribution in [0.15, 0.2) is 50.5 Å². The van der Waals surface area contributed by atoms with Gasteiger partial charge in [-0.25, -0.2) is 0 Å². The first-order valence-electron chi connectivity index (χ1n) is 5.74. The monoisotopic (exact) mass is 271 g/mol. The topological polar surface area (TPSA) is 104 Å². The first-order valence-corrected chi connectivity index (χ1v) is 5.74. The molecule has 100 valence electrons. The molecule has 3 rings (SSSR count). The molecule has 0 aliphatic heterocycles. The van der Waals surface area contributed by atoms with Crippen LogP contribution < -0.4 is 10.9 Å². The van der Waals surface area contributed by atoms with Crippen molar-refractivity contribution in [2.75, 3.05) is 0 Å². The molecule has 3 N–H and O–H groups in total. The van der Waals surface area contributed by atoms with E-state index in [2.05, 4.69) is 4.98 Å². The first kappa shape index (κ1) is 12.0. The summed E-state index contributed by atoms with van der Waals surface area (Å²) < 4.78 is 5.49. The van der Waals surface area contributed by atoms with Gasteiger partial charge in [0, 0.05) is 18.3 Å². The number of benzene rings is 1. The molecule has 0 radical (unpaired) electrons. The average Bonchev–Trinajstić information content (AvgIpc) is 2.41. The molecule has 0 saturated heterocycles. The molecule has 6 heteroatoms. The molecule has 0 saturated carbocycles. The number of pyridine rings is 1. The molecule has 6 nitrogen and oxygen atoms in total. The van der Waals surface area contributed by atoms with Gasteiger partial charge in [-0.05, 0) is 12.1 Å². The van der Waals surface area contributed by atoms with Gasteiger partial charge in [0.2, 0.25) is 5.43 Å². The summed E-state index contributed by atoms with van der Waals surface area (Å²) in [6.07, 6.45) is 1.12. The lowest BCUT2D eigenvalue weighted by Gasteiger charge is -2.04. The summed E-state index contributed by atoms with van der Waals surface area (Å²) in [5.74, 6) is -0.443. The van der Waals surface area contributed by atoms with Gasteiger partial charge in [-0.1, -0.05) is 6.07 Å². The van der Waals surface area contributed by atoms with Crippen LogP contribution in [0.2, 0.25) is 0 Å². The zero-order valence-corrected chi connectivity index (χ0v) is 10.1. The molecular weight excluding hydrogens is 262 g/mol. The van der Waals surface area contributed by atoms with Crippen LogP contribution in [0.25, 0.3) is 22.4 Å². The Morgan fingerprint density at radius 1 is 1.00 bits per heavy atom. The van der Waals surface area contributed by atoms with Crippen LogP contribution in [0.5, 0.6) is 11.5 Å². The molecule has 1 aromatic carbocycles. The largest absolute Gasteiger partial charge is 0.507 e. The fourth-order valence-electron chi connectivity index (χ4n) is 1.93. The summed E-state index contributed by atoms with van der Waals surface area (Å²) in [4.78, 5) is 26.0. The van der Waals surface area contributed by atoms with Gasteiger partial charge in [0.25, 0.3) is 0 Å². The molecule has 0 unspecified atom stereocenters. The number of aromatic nitrogens is 1. The van der Waals surface area contributed by atoms with Crippen LogP contribution in [-0.4, -0.2) is 15.2 Å². The summed E-state index contributed by atoms with van der Waals surface area (Å²) in [6, 6.07) is 6.77. The highest BCUT2D eigenvalue weighted by Gasteiger charge is 2.11. The van der Waals surface area contributed by atoms with E-state index in [9.17, 15) is 19.8 Å². The zero-order valence-electron chi connectivity index (χ0n) is 10.1. The van der Waals surface area contributed by atoms with Crippen LogP contribution in [0, 0.1) is 0 Å². The number of nitrogens with one attached hydrogen (secondary N) is 1. The Bertz CT molecular complexity index is 923. The Morgan fingerprint density at radius 3 is 2.55 bits per heavy atom. The molecular formula is C14H9NO5. The van der Waals surface area contributed by atoms with E-state index in [1.807, 2.05) is 0 Å². The minimum absolute atomic E-state index is 0.0809. The predicted molar refractivity (Wildman–Crippen MR) is 71.9 cm³/mol. The van der Waals surface area contributed by atoms with Crippen molar-refractivity contribution in [3.05, 3.63) is 57.0 Å². The number of hydrogen-bond acceptors (Lipinski definition) is 5. The molecule has 0 aliphatic carbocycles. The summed E-state index contributed by atoms with van der Waals surface area (Å²) >= 11 is 0. The van der Waals surface area contributed by atoms with E-state index in [0.717, 1.165) is 12.3 Å². The Balaban J connectivity index is 2.30. The number of aromatic amines is 1. The summed E-state index contributed by atoms with van der Waals surface area (Å²) in [6.45, 7) is 0. The quantitative estimate of drug-likeness (QED) is 0.623. The molecule has 2 heterocycles. The van der Waals surface area contributed by atoms with E-state index in [1.165, 1.54) is 12.1 Å². The smallest absolute Gasteiger partial charge is 0.223 e. The lowest BCUT2D eigenvalue weighted by atomic mass is 10.2. The number of H-pyrrole nitrogens is 1. The highest BCUT2D eigenvalue weighted by atomic mass is 16.3. The SMILES string of the molecule is O=c1cc(-c2cc(=O)c3c(O)cccc3o2)[nH]cc1O. The second-order valence-corrected chi connectivity index (χ2v) is 4.22. The number of phenolic OH excluding ortho intramolecular Hbond substituents is 1. The normalized spacial score (nSPS) is 10.8. The van der Waals surface area contributed by atoms with E-state index in [0.29, 0.717) is 0 Å². The number of fused-ring (bicyclic) bond motifs is 1. The maximum absolute atomic E-state index is 12.0. The Morgan fingerprint density at radius 2 is 1.80 bits per heavy atom. The van der Waals surface area contributed by atoms with Crippen LogP contribution >= 0.6 is 0 Å². The van der Waals surface area contributed by atoms with Gasteiger partial charge in [-0.3, -0.25) is 9.59 Å². The van der Waals surface area contributed by atoms with Crippen molar-refractivity contribution in [2.45, 2.75) is 0 Å². The Hall–Kier alpha value is -3.02. The lowest BCUT2D eigenvalue weighted by Crippen LogP contribution is -2.04. The summed E-state index contributed by atoms with van der Waals surface area (Å²) in [5, 5.41) is 18.9. The van der Waals surface area contributed by atoms with Crippen LogP contribution in [-0.2, 0) is 0 Å². The third-order valence-electron chi connectivity index (χ3n) is 2.89. The second kappa shape index (κ2) is 4.27. The minimum atomic E-state index is -0.586. The second-order valence-electron chi connectivity index (χ2n) is 4.22. The summed E-state index contributed by atoms with van der Waals surface area (Å²) in [5.41, 5.74) is -0.540. The van der Waals surface area contributed by atoms with Gasteiger partial charge in [0.1, 0.15) is 16.7 Å². The van der Waals surface area contributed by atoms with Crippen molar-refractivity contribution in [3.63, 3.8) is 0 Å². The number of hydrogen-bond donors (Lipinski definition) is 3. The number of aromatic hydroxyl groups is 2. The van der Waals surface area contributed by atoms with Gasteiger partial charge < -0.3 is 19.6 Å². The molecule has 20 heavy (non-hydrogen) atoms. The van der Waals surface area contributed by atoms with Crippen molar-refractivity contribution < 1.29 is 14.6 Å². The van der Waals surface area contributed by atoms with Crippen molar-refractivity contribution in [3.8, 4) is 23.0 Å². The molecule has 0 aliphatic rings. The standard InChI is InChI=1S/C14H9NO5/c16-8-2-1-3-12-14(8)10(18)5-13(20-12)7-4-9(17)11(19)6-15-7/h1-6,16,19H,(H,15,17). The number of phenols is 1. The van der Waals surface area contributed by atoms with E-state index >= 15 is 0 Å². The average molecular weight is 271 g/mol. The molecule has 0 amide bonds. The summed E-state index contributed by atoms with van der Waals surface area (Å²) in [7, 11) is 0. The van der Waals surface area contributed by atoms with Crippen LogP contribution in [0.4, 0.5) is 0 Å². The fourth-order valence-corrected chi connectivity index (χ4v) is 1.93. The van der Waals surface area contributed by atoms with Gasteiger partial charge in [-0.2, -0.15) is 0 Å². The van der Waals surface area contributed by atoms with Gasteiger partial charge in [0.15, 0.2) is 16.9 Å². The zero-order chi connectivity index (χ0) is 14.3. The Kier molecular flexibility index (Phi) is 2.57. The van der Waals surface area contributed by atoms with E-state index in [4.69, 9.17) is 4.42 Å². The third kappa shape index (κ3) is 1.83. The molecule has 2 aromatic heterocycles. The molecule has 0 spiro atoms. The lowest BCUT2D eigenvalue weighted by molar-refractivity contribution is 0.467. The van der Waals surface area contributed by atoms with E-state index in [-0.39, 0.29) is 28.2 Å². The molecule has 0 fully saturated rings. The highest BCUT2D eigenvalue weighted by Crippen LogP contribution is 2.25. The van der Waals surface area contributed by atoms with Gasteiger partial charge in [-0.15, -0.1) is 0 Å². The first-order chi connectivity index (χ1) is 9.56. The van der Waals surface area contributed by atoms with Crippen molar-refractivity contribution in [1.82, 2.24) is 4.98 Å². The third-order valence-corrected chi connectivity index (χ3v) is 2.89. The maximum Gasteiger partial charge on any atom is 0.223 e. The predicted octanol–water partition coefficient (Wildman–Crippen LogP) is 1.56. The van der Waals surface area contributed by atoms with Crippen LogP contribution in [0.3, 0.4) is 0 Å². The highest BCUT2D eigenvalue weighted by molar-refractivity contribution is 5.84. The van der Waals surface area contributed by atoms with Crippen molar-refractivity contribution in [2.24, 2.45) is 0 Å². The van der Waals surface area contributed by atoms with Crippen molar-refractivity contribution >= 4 is 11.0 Å². The van der Waals surface area contributed by atoms with E-state index < -0.39 is 16.6 Å².